The molecule has 9 heteroatoms. The first kappa shape index (κ1) is 22.2. The van der Waals surface area contributed by atoms with E-state index in [0.717, 1.165) is 51.5 Å². The summed E-state index contributed by atoms with van der Waals surface area (Å²) < 4.78 is 28.6. The predicted molar refractivity (Wildman–Crippen MR) is 135 cm³/mol. The highest BCUT2D eigenvalue weighted by Gasteiger charge is 2.25. The van der Waals surface area contributed by atoms with E-state index in [9.17, 15) is 13.2 Å². The van der Waals surface area contributed by atoms with Gasteiger partial charge in [-0.2, -0.15) is 4.31 Å². The molecule has 2 aromatic carbocycles. The van der Waals surface area contributed by atoms with Crippen molar-refractivity contribution in [1.29, 1.82) is 0 Å². The van der Waals surface area contributed by atoms with Crippen LogP contribution in [0.1, 0.15) is 36.0 Å². The zero-order valence-electron chi connectivity index (χ0n) is 17.9. The van der Waals surface area contributed by atoms with Gasteiger partial charge in [0.25, 0.3) is 5.91 Å². The Morgan fingerprint density at radius 1 is 0.939 bits per heavy atom. The fourth-order valence-electron chi connectivity index (χ4n) is 3.95. The van der Waals surface area contributed by atoms with Crippen LogP contribution in [0.5, 0.6) is 0 Å². The largest absolute Gasteiger partial charge is 0.313 e. The van der Waals surface area contributed by atoms with Crippen molar-refractivity contribution in [3.63, 3.8) is 0 Å². The number of carbonyl (C=O) groups excluding carboxylic acids is 1. The van der Waals surface area contributed by atoms with Crippen molar-refractivity contribution in [2.45, 2.75) is 30.6 Å². The van der Waals surface area contributed by atoms with Crippen LogP contribution < -0.4 is 5.32 Å². The molecule has 1 saturated heterocycles. The molecule has 4 aromatic rings. The van der Waals surface area contributed by atoms with Gasteiger partial charge in [-0.25, -0.2) is 13.4 Å². The Hall–Kier alpha value is -2.59. The number of benzene rings is 2. The molecule has 0 unspecified atom stereocenters. The van der Waals surface area contributed by atoms with Crippen LogP contribution in [0, 0.1) is 0 Å². The summed E-state index contributed by atoms with van der Waals surface area (Å²) in [5.41, 5.74) is 2.23. The quantitative estimate of drug-likeness (QED) is 0.376. The molecule has 1 fully saturated rings. The van der Waals surface area contributed by atoms with Gasteiger partial charge in [0.05, 0.1) is 15.1 Å². The van der Waals surface area contributed by atoms with Gasteiger partial charge in [-0.3, -0.25) is 4.79 Å². The molecular formula is C24H23N3O3S3. The summed E-state index contributed by atoms with van der Waals surface area (Å²) in [7, 11) is -3.54. The van der Waals surface area contributed by atoms with E-state index in [0.29, 0.717) is 18.7 Å². The first-order chi connectivity index (χ1) is 16.0. The van der Waals surface area contributed by atoms with Gasteiger partial charge in [-0.15, -0.1) is 22.7 Å². The van der Waals surface area contributed by atoms with Crippen LogP contribution in [-0.4, -0.2) is 36.7 Å². The number of carbonyl (C=O) groups is 1. The molecule has 0 atom stereocenters. The van der Waals surface area contributed by atoms with E-state index in [1.807, 2.05) is 35.7 Å². The number of amides is 1. The van der Waals surface area contributed by atoms with Gasteiger partial charge in [0.2, 0.25) is 10.0 Å². The number of rotatable bonds is 5. The van der Waals surface area contributed by atoms with Gasteiger partial charge < -0.3 is 5.32 Å². The van der Waals surface area contributed by atoms with E-state index >= 15 is 0 Å². The maximum absolute atomic E-state index is 13.0. The van der Waals surface area contributed by atoms with Crippen molar-refractivity contribution in [3.8, 4) is 10.6 Å². The number of hydrogen-bond donors (Lipinski definition) is 1. The van der Waals surface area contributed by atoms with Crippen LogP contribution in [0.15, 0.2) is 64.9 Å². The van der Waals surface area contributed by atoms with Crippen LogP contribution in [0.4, 0.5) is 5.00 Å². The van der Waals surface area contributed by atoms with Crippen LogP contribution >= 0.6 is 22.7 Å². The topological polar surface area (TPSA) is 79.4 Å². The summed E-state index contributed by atoms with van der Waals surface area (Å²) in [6.07, 6.45) is 3.90. The first-order valence-corrected chi connectivity index (χ1v) is 14.0. The third-order valence-electron chi connectivity index (χ3n) is 5.74. The molecule has 0 radical (unpaired) electrons. The monoisotopic (exact) mass is 497 g/mol. The standard InChI is InChI=1S/C24H23N3O3S3/c28-22(17-9-11-18(12-10-17)33(29,30)27-14-5-1-2-6-15-27)26-23-19(13-16-31-23)24-25-20-7-3-4-8-21(20)32-24/h3-4,7-13,16H,1-2,5-6,14-15H2,(H,26,28). The Morgan fingerprint density at radius 3 is 2.39 bits per heavy atom. The lowest BCUT2D eigenvalue weighted by Crippen LogP contribution is -2.31. The second kappa shape index (κ2) is 9.34. The van der Waals surface area contributed by atoms with Gasteiger partial charge in [0, 0.05) is 24.2 Å². The number of anilines is 1. The molecule has 0 spiro atoms. The molecule has 3 heterocycles. The summed E-state index contributed by atoms with van der Waals surface area (Å²) in [5, 5.41) is 6.47. The highest BCUT2D eigenvalue weighted by Crippen LogP contribution is 2.38. The minimum atomic E-state index is -3.54. The van der Waals surface area contributed by atoms with Crippen molar-refractivity contribution < 1.29 is 13.2 Å². The highest BCUT2D eigenvalue weighted by atomic mass is 32.2. The molecule has 170 valence electrons. The van der Waals surface area contributed by atoms with E-state index in [-0.39, 0.29) is 10.8 Å². The molecule has 1 aliphatic rings. The molecule has 0 aliphatic carbocycles. The Kier molecular flexibility index (Phi) is 6.29. The molecule has 33 heavy (non-hydrogen) atoms. The third-order valence-corrected chi connectivity index (χ3v) is 9.55. The molecule has 6 nitrogen and oxygen atoms in total. The number of thiazole rings is 1. The second-order valence-electron chi connectivity index (χ2n) is 7.95. The van der Waals surface area contributed by atoms with E-state index in [1.165, 1.54) is 23.5 Å². The summed E-state index contributed by atoms with van der Waals surface area (Å²) in [4.78, 5) is 17.8. The van der Waals surface area contributed by atoms with E-state index in [1.54, 1.807) is 27.8 Å². The summed E-state index contributed by atoms with van der Waals surface area (Å²) >= 11 is 3.02. The molecule has 0 bridgehead atoms. The molecule has 5 rings (SSSR count). The minimum absolute atomic E-state index is 0.229. The lowest BCUT2D eigenvalue weighted by molar-refractivity contribution is 0.102. The number of nitrogens with one attached hydrogen (secondary N) is 1. The number of thiophene rings is 1. The van der Waals surface area contributed by atoms with Crippen molar-refractivity contribution >= 4 is 53.8 Å². The maximum atomic E-state index is 13.0. The first-order valence-electron chi connectivity index (χ1n) is 10.9. The molecule has 1 aliphatic heterocycles. The van der Waals surface area contributed by atoms with Gasteiger partial charge >= 0.3 is 0 Å². The summed E-state index contributed by atoms with van der Waals surface area (Å²) in [6.45, 7) is 1.11. The number of hydrogen-bond acceptors (Lipinski definition) is 6. The van der Waals surface area contributed by atoms with Crippen molar-refractivity contribution in [3.05, 3.63) is 65.5 Å². The molecular weight excluding hydrogens is 474 g/mol. The molecule has 2 aromatic heterocycles. The van der Waals surface area contributed by atoms with Crippen LogP contribution in [-0.2, 0) is 10.0 Å². The van der Waals surface area contributed by atoms with Crippen LogP contribution in [0.3, 0.4) is 0 Å². The highest BCUT2D eigenvalue weighted by molar-refractivity contribution is 7.89. The van der Waals surface area contributed by atoms with Gasteiger partial charge in [0.15, 0.2) is 0 Å². The lowest BCUT2D eigenvalue weighted by Gasteiger charge is -2.20. The van der Waals surface area contributed by atoms with E-state index in [2.05, 4.69) is 10.3 Å². The lowest BCUT2D eigenvalue weighted by atomic mass is 10.2. The Balaban J connectivity index is 1.33. The molecule has 1 amide bonds. The average molecular weight is 498 g/mol. The van der Waals surface area contributed by atoms with Gasteiger partial charge in [-0.1, -0.05) is 25.0 Å². The van der Waals surface area contributed by atoms with E-state index in [4.69, 9.17) is 0 Å². The van der Waals surface area contributed by atoms with Crippen molar-refractivity contribution in [1.82, 2.24) is 9.29 Å². The number of aromatic nitrogens is 1. The van der Waals surface area contributed by atoms with Crippen LogP contribution in [0.2, 0.25) is 0 Å². The van der Waals surface area contributed by atoms with Crippen molar-refractivity contribution in [2.75, 3.05) is 18.4 Å². The van der Waals surface area contributed by atoms with Crippen LogP contribution in [0.25, 0.3) is 20.8 Å². The Bertz CT molecular complexity index is 1350. The normalized spacial score (nSPS) is 15.4. The molecule has 1 N–H and O–H groups in total. The van der Waals surface area contributed by atoms with E-state index < -0.39 is 10.0 Å². The van der Waals surface area contributed by atoms with Gasteiger partial charge in [-0.05, 0) is 60.7 Å². The minimum Gasteiger partial charge on any atom is -0.313 e. The SMILES string of the molecule is O=C(Nc1sccc1-c1nc2ccccc2s1)c1ccc(S(=O)(=O)N2CCCCCC2)cc1. The number of para-hydroxylation sites is 1. The second-order valence-corrected chi connectivity index (χ2v) is 11.8. The maximum Gasteiger partial charge on any atom is 0.256 e. The third kappa shape index (κ3) is 4.59. The fourth-order valence-corrected chi connectivity index (χ4v) is 7.31. The molecule has 0 saturated carbocycles. The Morgan fingerprint density at radius 2 is 1.67 bits per heavy atom. The van der Waals surface area contributed by atoms with Gasteiger partial charge in [0.1, 0.15) is 10.0 Å². The predicted octanol–water partition coefficient (Wildman–Crippen LogP) is 5.84. The zero-order valence-corrected chi connectivity index (χ0v) is 20.3. The number of sulfonamides is 1. The zero-order chi connectivity index (χ0) is 22.8. The fraction of sp³-hybridized carbons (Fsp3) is 0.250. The summed E-state index contributed by atoms with van der Waals surface area (Å²) in [6, 6.07) is 16.1. The smallest absolute Gasteiger partial charge is 0.256 e. The number of nitrogens with zero attached hydrogens (tertiary/aromatic N) is 2. The summed E-state index contributed by atoms with van der Waals surface area (Å²) in [5.74, 6) is -0.279. The van der Waals surface area contributed by atoms with Crippen molar-refractivity contribution in [2.24, 2.45) is 0 Å². The number of fused-ring (bicyclic) bond motifs is 1. The Labute approximate surface area is 201 Å². The average Bonchev–Trinajstić information content (AvgIpc) is 3.36.